The molecule has 0 aliphatic heterocycles. The topological polar surface area (TPSA) is 70.2 Å². The van der Waals surface area contributed by atoms with Crippen LogP contribution in [0.3, 0.4) is 0 Å². The van der Waals surface area contributed by atoms with Crippen molar-refractivity contribution in [1.82, 2.24) is 5.32 Å². The highest BCUT2D eigenvalue weighted by Crippen LogP contribution is 2.27. The predicted molar refractivity (Wildman–Crippen MR) is 102 cm³/mol. The van der Waals surface area contributed by atoms with Crippen molar-refractivity contribution < 1.29 is 9.59 Å². The Morgan fingerprint density at radius 1 is 0.880 bits per heavy atom. The minimum atomic E-state index is -0.176. The number of carbonyl (C=O) groups is 2. The Morgan fingerprint density at radius 2 is 1.52 bits per heavy atom. The van der Waals surface area contributed by atoms with Crippen molar-refractivity contribution in [2.24, 2.45) is 5.92 Å². The predicted octanol–water partition coefficient (Wildman–Crippen LogP) is 3.30. The molecule has 3 N–H and O–H groups in total. The van der Waals surface area contributed by atoms with E-state index >= 15 is 0 Å². The van der Waals surface area contributed by atoms with E-state index in [1.807, 2.05) is 30.3 Å². The third-order valence-corrected chi connectivity index (χ3v) is 3.88. The molecular weight excluding hydrogens is 338 g/mol. The average molecular weight is 360 g/mol. The lowest BCUT2D eigenvalue weighted by Crippen LogP contribution is -2.29. The maximum atomic E-state index is 12.2. The normalized spacial score (nSPS) is 12.8. The van der Waals surface area contributed by atoms with E-state index in [2.05, 4.69) is 16.0 Å². The maximum Gasteiger partial charge on any atom is 0.255 e. The summed E-state index contributed by atoms with van der Waals surface area (Å²) in [4.78, 5) is 24.0. The Balaban J connectivity index is 0.00000225. The zero-order valence-electron chi connectivity index (χ0n) is 13.8. The van der Waals surface area contributed by atoms with Gasteiger partial charge in [0.2, 0.25) is 5.91 Å². The van der Waals surface area contributed by atoms with Crippen LogP contribution >= 0.6 is 12.4 Å². The Morgan fingerprint density at radius 3 is 2.16 bits per heavy atom. The molecule has 0 unspecified atom stereocenters. The second-order valence-electron chi connectivity index (χ2n) is 6.02. The molecule has 2 amide bonds. The number of halogens is 1. The van der Waals surface area contributed by atoms with Crippen LogP contribution in [0.25, 0.3) is 0 Å². The second kappa shape index (κ2) is 9.20. The first kappa shape index (κ1) is 19.0. The summed E-state index contributed by atoms with van der Waals surface area (Å²) in [5, 5.41) is 8.79. The number of hydrogen-bond donors (Lipinski definition) is 3. The largest absolute Gasteiger partial charge is 0.325 e. The van der Waals surface area contributed by atoms with Gasteiger partial charge < -0.3 is 16.0 Å². The van der Waals surface area contributed by atoms with E-state index in [9.17, 15) is 9.59 Å². The number of carbonyl (C=O) groups excluding carboxylic acids is 2. The fourth-order valence-electron chi connectivity index (χ4n) is 2.35. The third-order valence-electron chi connectivity index (χ3n) is 3.88. The monoisotopic (exact) mass is 359 g/mol. The highest BCUT2D eigenvalue weighted by Gasteiger charge is 2.20. The van der Waals surface area contributed by atoms with Crippen molar-refractivity contribution in [2.45, 2.75) is 12.8 Å². The molecule has 5 nitrogen and oxygen atoms in total. The van der Waals surface area contributed by atoms with Gasteiger partial charge in [0.15, 0.2) is 0 Å². The summed E-state index contributed by atoms with van der Waals surface area (Å²) in [7, 11) is 0. The van der Waals surface area contributed by atoms with Gasteiger partial charge in [0, 0.05) is 16.9 Å². The van der Waals surface area contributed by atoms with Crippen molar-refractivity contribution in [3.05, 3.63) is 60.2 Å². The van der Waals surface area contributed by atoms with Crippen LogP contribution in [0.2, 0.25) is 0 Å². The Bertz CT molecular complexity index is 700. The van der Waals surface area contributed by atoms with E-state index in [0.29, 0.717) is 17.8 Å². The van der Waals surface area contributed by atoms with E-state index in [1.54, 1.807) is 24.3 Å². The molecule has 1 fully saturated rings. The van der Waals surface area contributed by atoms with E-state index in [4.69, 9.17) is 0 Å². The lowest BCUT2D eigenvalue weighted by molar-refractivity contribution is -0.115. The molecule has 0 heterocycles. The molecule has 0 saturated heterocycles. The smallest absolute Gasteiger partial charge is 0.255 e. The lowest BCUT2D eigenvalue weighted by atomic mass is 10.2. The van der Waals surface area contributed by atoms with Crippen LogP contribution in [0, 0.1) is 5.92 Å². The first-order valence-electron chi connectivity index (χ1n) is 8.18. The van der Waals surface area contributed by atoms with Crippen LogP contribution in [-0.4, -0.2) is 24.9 Å². The van der Waals surface area contributed by atoms with Gasteiger partial charge in [0.05, 0.1) is 6.54 Å². The summed E-state index contributed by atoms with van der Waals surface area (Å²) in [6.45, 7) is 1.22. The maximum absolute atomic E-state index is 12.2. The first-order chi connectivity index (χ1) is 11.7. The molecule has 1 aliphatic rings. The van der Waals surface area contributed by atoms with E-state index in [1.165, 1.54) is 12.8 Å². The molecule has 2 aromatic carbocycles. The van der Waals surface area contributed by atoms with Crippen molar-refractivity contribution in [2.75, 3.05) is 23.7 Å². The molecule has 0 radical (unpaired) electrons. The molecule has 1 saturated carbocycles. The van der Waals surface area contributed by atoms with E-state index in [0.717, 1.165) is 18.2 Å². The molecule has 0 spiro atoms. The average Bonchev–Trinajstić information content (AvgIpc) is 3.41. The molecule has 3 rings (SSSR count). The van der Waals surface area contributed by atoms with Gasteiger partial charge in [-0.25, -0.2) is 0 Å². The van der Waals surface area contributed by atoms with Gasteiger partial charge >= 0.3 is 0 Å². The number of nitrogens with one attached hydrogen (secondary N) is 3. The molecule has 1 aliphatic carbocycles. The summed E-state index contributed by atoms with van der Waals surface area (Å²) < 4.78 is 0. The van der Waals surface area contributed by atoms with Crippen LogP contribution in [-0.2, 0) is 4.79 Å². The summed E-state index contributed by atoms with van der Waals surface area (Å²) in [5.74, 6) is 0.502. The zero-order valence-corrected chi connectivity index (χ0v) is 14.6. The first-order valence-corrected chi connectivity index (χ1v) is 8.18. The standard InChI is InChI=1S/C19H21N3O2.ClH/c23-18(13-20-12-14-6-7-14)21-17-10-8-15(9-11-17)19(24)22-16-4-2-1-3-5-16;/h1-5,8-11,14,20H,6-7,12-13H2,(H,21,23)(H,22,24);1H. The van der Waals surface area contributed by atoms with Crippen molar-refractivity contribution in [3.8, 4) is 0 Å². The molecule has 2 aromatic rings. The van der Waals surface area contributed by atoms with Crippen LogP contribution in [0.5, 0.6) is 0 Å². The van der Waals surface area contributed by atoms with Crippen molar-refractivity contribution in [1.29, 1.82) is 0 Å². The number of benzene rings is 2. The minimum absolute atomic E-state index is 0. The quantitative estimate of drug-likeness (QED) is 0.710. The summed E-state index contributed by atoms with van der Waals surface area (Å²) >= 11 is 0. The van der Waals surface area contributed by atoms with Gasteiger partial charge in [-0.3, -0.25) is 9.59 Å². The van der Waals surface area contributed by atoms with Crippen molar-refractivity contribution >= 4 is 35.6 Å². The highest BCUT2D eigenvalue weighted by atomic mass is 35.5. The SMILES string of the molecule is Cl.O=C(CNCC1CC1)Nc1ccc(C(=O)Nc2ccccc2)cc1. The van der Waals surface area contributed by atoms with Crippen LogP contribution in [0.4, 0.5) is 11.4 Å². The summed E-state index contributed by atoms with van der Waals surface area (Å²) in [6, 6.07) is 16.2. The summed E-state index contributed by atoms with van der Waals surface area (Å²) in [6.07, 6.45) is 2.53. The van der Waals surface area contributed by atoms with Gasteiger partial charge in [-0.15, -0.1) is 12.4 Å². The van der Waals surface area contributed by atoms with Crippen molar-refractivity contribution in [3.63, 3.8) is 0 Å². The Hall–Kier alpha value is -2.37. The number of hydrogen-bond acceptors (Lipinski definition) is 3. The van der Waals surface area contributed by atoms with Crippen LogP contribution in [0.1, 0.15) is 23.2 Å². The number of anilines is 2. The molecule has 0 bridgehead atoms. The Labute approximate surface area is 153 Å². The molecule has 25 heavy (non-hydrogen) atoms. The van der Waals surface area contributed by atoms with Crippen LogP contribution in [0.15, 0.2) is 54.6 Å². The van der Waals surface area contributed by atoms with Gasteiger partial charge in [0.1, 0.15) is 0 Å². The fourth-order valence-corrected chi connectivity index (χ4v) is 2.35. The molecule has 0 atom stereocenters. The minimum Gasteiger partial charge on any atom is -0.325 e. The van der Waals surface area contributed by atoms with Gasteiger partial charge in [-0.2, -0.15) is 0 Å². The lowest BCUT2D eigenvalue weighted by Gasteiger charge is -2.08. The number of rotatable bonds is 7. The van der Waals surface area contributed by atoms with E-state index in [-0.39, 0.29) is 24.2 Å². The molecular formula is C19H22ClN3O2. The van der Waals surface area contributed by atoms with Crippen LogP contribution < -0.4 is 16.0 Å². The second-order valence-corrected chi connectivity index (χ2v) is 6.02. The van der Waals surface area contributed by atoms with E-state index < -0.39 is 0 Å². The number of amides is 2. The molecule has 0 aromatic heterocycles. The van der Waals surface area contributed by atoms with Gasteiger partial charge in [-0.1, -0.05) is 18.2 Å². The fraction of sp³-hybridized carbons (Fsp3) is 0.263. The third kappa shape index (κ3) is 6.21. The highest BCUT2D eigenvalue weighted by molar-refractivity contribution is 6.04. The molecule has 132 valence electrons. The molecule has 6 heteroatoms. The van der Waals surface area contributed by atoms with Gasteiger partial charge in [-0.05, 0) is 61.7 Å². The Kier molecular flexibility index (Phi) is 6.98. The summed E-state index contributed by atoms with van der Waals surface area (Å²) in [5.41, 5.74) is 1.98. The zero-order chi connectivity index (χ0) is 16.8. The number of para-hydroxylation sites is 1. The van der Waals surface area contributed by atoms with Gasteiger partial charge in [0.25, 0.3) is 5.91 Å².